The summed E-state index contributed by atoms with van der Waals surface area (Å²) in [7, 11) is 0. The van der Waals surface area contributed by atoms with Crippen molar-refractivity contribution in [1.29, 1.82) is 0 Å². The summed E-state index contributed by atoms with van der Waals surface area (Å²) in [5.74, 6) is -0.173. The number of unbranched alkanes of at least 4 members (excludes halogenated alkanes) is 2. The van der Waals surface area contributed by atoms with Crippen LogP contribution in [0, 0.1) is 0 Å². The molecule has 0 aliphatic carbocycles. The maximum Gasteiger partial charge on any atom is 0.266 e. The molecule has 0 unspecified atom stereocenters. The molecule has 1 aromatic rings. The number of benzene rings is 1. The van der Waals surface area contributed by atoms with Crippen LogP contribution < -0.4 is 10.9 Å². The molecule has 3 nitrogen and oxygen atoms in total. The molecule has 112 valence electrons. The standard InChI is InChI=1S/C16H25ClN2O/c1-3-5-9-13(10-6-4-2)18-19-16(20)14-11-7-8-12-15(14)17/h7-8,11-13,18H,3-6,9-10H2,1-2H3,(H,19,20). The maximum atomic E-state index is 12.1. The monoisotopic (exact) mass is 296 g/mol. The predicted octanol–water partition coefficient (Wildman–Crippen LogP) is 4.32. The van der Waals surface area contributed by atoms with E-state index in [-0.39, 0.29) is 5.91 Å². The van der Waals surface area contributed by atoms with Gasteiger partial charge in [0.25, 0.3) is 5.91 Å². The molecule has 0 atom stereocenters. The van der Waals surface area contributed by atoms with E-state index in [1.165, 1.54) is 25.7 Å². The molecular weight excluding hydrogens is 272 g/mol. The van der Waals surface area contributed by atoms with Crippen molar-refractivity contribution in [3.05, 3.63) is 34.9 Å². The Labute approximate surface area is 127 Å². The zero-order valence-corrected chi connectivity index (χ0v) is 13.2. The minimum Gasteiger partial charge on any atom is -0.287 e. The lowest BCUT2D eigenvalue weighted by Crippen LogP contribution is -2.44. The number of carbonyl (C=O) groups excluding carboxylic acids is 1. The number of hydrogen-bond acceptors (Lipinski definition) is 2. The fraction of sp³-hybridized carbons (Fsp3) is 0.562. The molecule has 0 bridgehead atoms. The van der Waals surface area contributed by atoms with Crippen LogP contribution in [0.15, 0.2) is 24.3 Å². The van der Waals surface area contributed by atoms with Gasteiger partial charge in [0.1, 0.15) is 0 Å². The smallest absolute Gasteiger partial charge is 0.266 e. The highest BCUT2D eigenvalue weighted by Crippen LogP contribution is 2.14. The van der Waals surface area contributed by atoms with Gasteiger partial charge in [-0.1, -0.05) is 63.3 Å². The van der Waals surface area contributed by atoms with Crippen LogP contribution in [-0.4, -0.2) is 11.9 Å². The molecule has 0 aromatic heterocycles. The van der Waals surface area contributed by atoms with Gasteiger partial charge in [-0.15, -0.1) is 0 Å². The molecule has 0 saturated heterocycles. The summed E-state index contributed by atoms with van der Waals surface area (Å²) in [6.45, 7) is 4.36. The number of hydrazine groups is 1. The second-order valence-electron chi connectivity index (χ2n) is 5.06. The Morgan fingerprint density at radius 3 is 2.30 bits per heavy atom. The summed E-state index contributed by atoms with van der Waals surface area (Å²) in [6.07, 6.45) is 6.84. The molecule has 20 heavy (non-hydrogen) atoms. The highest BCUT2D eigenvalue weighted by Gasteiger charge is 2.12. The molecule has 1 rings (SSSR count). The molecule has 0 heterocycles. The van der Waals surface area contributed by atoms with E-state index in [0.29, 0.717) is 16.6 Å². The molecule has 0 fully saturated rings. The van der Waals surface area contributed by atoms with E-state index in [2.05, 4.69) is 24.7 Å². The van der Waals surface area contributed by atoms with Gasteiger partial charge in [-0.3, -0.25) is 10.2 Å². The molecule has 1 aromatic carbocycles. The molecule has 1 amide bonds. The molecule has 0 spiro atoms. The Balaban J connectivity index is 2.49. The Kier molecular flexibility index (Phi) is 8.31. The van der Waals surface area contributed by atoms with Gasteiger partial charge in [-0.05, 0) is 25.0 Å². The third-order valence-electron chi connectivity index (χ3n) is 3.32. The lowest BCUT2D eigenvalue weighted by atomic mass is 10.0. The lowest BCUT2D eigenvalue weighted by Gasteiger charge is -2.19. The van der Waals surface area contributed by atoms with Crippen molar-refractivity contribution in [3.8, 4) is 0 Å². The average Bonchev–Trinajstić information content (AvgIpc) is 2.46. The first-order valence-corrected chi connectivity index (χ1v) is 7.87. The first kappa shape index (κ1) is 17.0. The highest BCUT2D eigenvalue weighted by atomic mass is 35.5. The number of halogens is 1. The van der Waals surface area contributed by atoms with Gasteiger partial charge >= 0.3 is 0 Å². The summed E-state index contributed by atoms with van der Waals surface area (Å²) in [4.78, 5) is 12.1. The van der Waals surface area contributed by atoms with Gasteiger partial charge in [0.15, 0.2) is 0 Å². The van der Waals surface area contributed by atoms with Gasteiger partial charge in [0.05, 0.1) is 10.6 Å². The minimum absolute atomic E-state index is 0.173. The summed E-state index contributed by atoms with van der Waals surface area (Å²) in [5, 5.41) is 0.477. The first-order valence-electron chi connectivity index (χ1n) is 7.49. The van der Waals surface area contributed by atoms with Crippen molar-refractivity contribution in [2.24, 2.45) is 0 Å². The third kappa shape index (κ3) is 5.93. The normalized spacial score (nSPS) is 10.8. The van der Waals surface area contributed by atoms with Crippen LogP contribution in [0.4, 0.5) is 0 Å². The molecule has 0 aliphatic rings. The van der Waals surface area contributed by atoms with Crippen LogP contribution >= 0.6 is 11.6 Å². The lowest BCUT2D eigenvalue weighted by molar-refractivity contribution is 0.0922. The fourth-order valence-corrected chi connectivity index (χ4v) is 2.29. The zero-order valence-electron chi connectivity index (χ0n) is 12.4. The van der Waals surface area contributed by atoms with Crippen molar-refractivity contribution in [2.75, 3.05) is 0 Å². The summed E-state index contributed by atoms with van der Waals surface area (Å²) in [6, 6.07) is 7.42. The Morgan fingerprint density at radius 1 is 1.15 bits per heavy atom. The SMILES string of the molecule is CCCCC(CCCC)NNC(=O)c1ccccc1Cl. The van der Waals surface area contributed by atoms with Crippen LogP contribution in [0.5, 0.6) is 0 Å². The third-order valence-corrected chi connectivity index (χ3v) is 3.65. The Morgan fingerprint density at radius 2 is 1.75 bits per heavy atom. The molecule has 0 saturated carbocycles. The quantitative estimate of drug-likeness (QED) is 0.666. The van der Waals surface area contributed by atoms with E-state index >= 15 is 0 Å². The number of amides is 1. The largest absolute Gasteiger partial charge is 0.287 e. The van der Waals surface area contributed by atoms with Gasteiger partial charge < -0.3 is 0 Å². The van der Waals surface area contributed by atoms with E-state index in [4.69, 9.17) is 11.6 Å². The van der Waals surface area contributed by atoms with Crippen LogP contribution in [0.3, 0.4) is 0 Å². The second-order valence-corrected chi connectivity index (χ2v) is 5.47. The number of nitrogens with one attached hydrogen (secondary N) is 2. The van der Waals surface area contributed by atoms with Crippen molar-refractivity contribution in [3.63, 3.8) is 0 Å². The minimum atomic E-state index is -0.173. The van der Waals surface area contributed by atoms with Gasteiger partial charge in [-0.25, -0.2) is 5.43 Å². The Hall–Kier alpha value is -1.06. The molecular formula is C16H25ClN2O. The molecule has 0 radical (unpaired) electrons. The van der Waals surface area contributed by atoms with E-state index < -0.39 is 0 Å². The zero-order chi connectivity index (χ0) is 14.8. The van der Waals surface area contributed by atoms with Gasteiger partial charge in [0, 0.05) is 6.04 Å². The van der Waals surface area contributed by atoms with Gasteiger partial charge in [-0.2, -0.15) is 0 Å². The molecule has 2 N–H and O–H groups in total. The topological polar surface area (TPSA) is 41.1 Å². The molecule has 0 aliphatic heterocycles. The average molecular weight is 297 g/mol. The number of hydrogen-bond donors (Lipinski definition) is 2. The van der Waals surface area contributed by atoms with E-state index in [1.54, 1.807) is 12.1 Å². The van der Waals surface area contributed by atoms with E-state index in [9.17, 15) is 4.79 Å². The van der Waals surface area contributed by atoms with Crippen molar-refractivity contribution < 1.29 is 4.79 Å². The van der Waals surface area contributed by atoms with Crippen LogP contribution in [-0.2, 0) is 0 Å². The molecule has 4 heteroatoms. The predicted molar refractivity (Wildman–Crippen MR) is 84.9 cm³/mol. The number of rotatable bonds is 9. The van der Waals surface area contributed by atoms with Crippen LogP contribution in [0.1, 0.15) is 62.7 Å². The van der Waals surface area contributed by atoms with Crippen molar-refractivity contribution >= 4 is 17.5 Å². The van der Waals surface area contributed by atoms with E-state index in [0.717, 1.165) is 12.8 Å². The number of carbonyl (C=O) groups is 1. The highest BCUT2D eigenvalue weighted by molar-refractivity contribution is 6.33. The maximum absolute atomic E-state index is 12.1. The summed E-state index contributed by atoms with van der Waals surface area (Å²) < 4.78 is 0. The van der Waals surface area contributed by atoms with Crippen molar-refractivity contribution in [2.45, 2.75) is 58.4 Å². The summed E-state index contributed by atoms with van der Waals surface area (Å²) in [5.41, 5.74) is 6.45. The fourth-order valence-electron chi connectivity index (χ4n) is 2.07. The van der Waals surface area contributed by atoms with Gasteiger partial charge in [0.2, 0.25) is 0 Å². The van der Waals surface area contributed by atoms with Crippen LogP contribution in [0.2, 0.25) is 5.02 Å². The first-order chi connectivity index (χ1) is 9.69. The van der Waals surface area contributed by atoms with Crippen LogP contribution in [0.25, 0.3) is 0 Å². The second kappa shape index (κ2) is 9.78. The summed E-state index contributed by atoms with van der Waals surface area (Å²) >= 11 is 6.01. The van der Waals surface area contributed by atoms with E-state index in [1.807, 2.05) is 12.1 Å². The van der Waals surface area contributed by atoms with Crippen molar-refractivity contribution in [1.82, 2.24) is 10.9 Å². The Bertz CT molecular complexity index is 401.